The first-order chi connectivity index (χ1) is 20.3. The van der Waals surface area contributed by atoms with Crippen molar-refractivity contribution in [3.8, 4) is 22.3 Å². The van der Waals surface area contributed by atoms with Crippen molar-refractivity contribution < 1.29 is 46.5 Å². The topological polar surface area (TPSA) is 0 Å². The Morgan fingerprint density at radius 2 is 0.826 bits per heavy atom. The quantitative estimate of drug-likeness (QED) is 0.141. The van der Waals surface area contributed by atoms with Crippen LogP contribution in [0.15, 0.2) is 109 Å². The minimum atomic E-state index is 0. The van der Waals surface area contributed by atoms with Crippen molar-refractivity contribution in [2.24, 2.45) is 0 Å². The van der Waals surface area contributed by atoms with E-state index in [0.29, 0.717) is 0 Å². The van der Waals surface area contributed by atoms with Gasteiger partial charge in [-0.25, -0.2) is 0 Å². The molecule has 0 aromatic heterocycles. The van der Waals surface area contributed by atoms with Crippen LogP contribution in [0.2, 0.25) is 0 Å². The van der Waals surface area contributed by atoms with Crippen LogP contribution in [0, 0.1) is 27.7 Å². The average Bonchev–Trinajstić information content (AvgIpc) is 3.60. The van der Waals surface area contributed by atoms with Gasteiger partial charge in [-0.3, -0.25) is 0 Å². The summed E-state index contributed by atoms with van der Waals surface area (Å²) in [5, 5.41) is 5.41. The van der Waals surface area contributed by atoms with E-state index in [4.69, 9.17) is 0 Å². The molecule has 0 saturated carbocycles. The van der Waals surface area contributed by atoms with E-state index >= 15 is 0 Å². The van der Waals surface area contributed by atoms with Crippen molar-refractivity contribution in [3.63, 3.8) is 0 Å². The SMILES string of the molecule is Cc1ccc(-c2cccc3[cH-]c(C(C)(C)C)cc23)cc1.Cc1ccc(-c2cccc3[cH-]c(C(C)(C)C)cc23)cc1.[CH2-]C[CH2-].[Cl-].[Cl-].[Ti+2]. The standard InChI is InChI=1S/2C20H21.C3H6.2ClH.Ti/c2*1-14-8-10-15(11-9-14)18-7-5-6-16-12-17(13-19(16)18)20(2,3)4;1-3-2;;;/h2*5-13H,1-4H3;1-3H2;2*1H;/q2*-1;-2;;;+2/p-2. The molecular formula is C43H48Cl2Ti-4. The van der Waals surface area contributed by atoms with Crippen LogP contribution in [-0.4, -0.2) is 0 Å². The van der Waals surface area contributed by atoms with Crippen LogP contribution >= 0.6 is 0 Å². The second kappa shape index (κ2) is 17.5. The van der Waals surface area contributed by atoms with E-state index in [1.165, 1.54) is 66.1 Å². The van der Waals surface area contributed by atoms with Crippen molar-refractivity contribution in [1.82, 2.24) is 0 Å². The van der Waals surface area contributed by atoms with E-state index in [2.05, 4.69) is 178 Å². The summed E-state index contributed by atoms with van der Waals surface area (Å²) in [6.45, 7) is 24.6. The van der Waals surface area contributed by atoms with Gasteiger partial charge in [0.1, 0.15) is 0 Å². The zero-order valence-electron chi connectivity index (χ0n) is 28.8. The molecule has 0 aliphatic rings. The minimum Gasteiger partial charge on any atom is -1.00 e. The fourth-order valence-electron chi connectivity index (χ4n) is 5.31. The van der Waals surface area contributed by atoms with Crippen LogP contribution in [0.5, 0.6) is 0 Å². The van der Waals surface area contributed by atoms with E-state index in [1.807, 2.05) is 0 Å². The molecule has 6 aromatic rings. The molecule has 6 rings (SSSR count). The van der Waals surface area contributed by atoms with Crippen LogP contribution in [0.1, 0.15) is 70.2 Å². The van der Waals surface area contributed by atoms with Gasteiger partial charge in [-0.2, -0.15) is 12.1 Å². The van der Waals surface area contributed by atoms with Crippen molar-refractivity contribution in [2.45, 2.75) is 72.6 Å². The summed E-state index contributed by atoms with van der Waals surface area (Å²) in [6.07, 6.45) is 0.750. The van der Waals surface area contributed by atoms with Crippen molar-refractivity contribution >= 4 is 21.5 Å². The Hall–Kier alpha value is -2.61. The van der Waals surface area contributed by atoms with Crippen LogP contribution in [0.3, 0.4) is 0 Å². The van der Waals surface area contributed by atoms with Gasteiger partial charge in [0, 0.05) is 0 Å². The Labute approximate surface area is 306 Å². The fourth-order valence-corrected chi connectivity index (χ4v) is 5.31. The molecule has 0 radical (unpaired) electrons. The molecule has 6 aromatic carbocycles. The summed E-state index contributed by atoms with van der Waals surface area (Å²) in [6, 6.07) is 40.1. The smallest absolute Gasteiger partial charge is 1.00 e. The molecule has 0 N–H and O–H groups in total. The molecule has 0 bridgehead atoms. The Kier molecular flexibility index (Phi) is 15.8. The first-order valence-corrected chi connectivity index (χ1v) is 15.4. The van der Waals surface area contributed by atoms with Crippen LogP contribution in [0.25, 0.3) is 43.8 Å². The first-order valence-electron chi connectivity index (χ1n) is 15.4. The molecule has 0 nitrogen and oxygen atoms in total. The zero-order chi connectivity index (χ0) is 31.4. The predicted octanol–water partition coefficient (Wildman–Crippen LogP) is 6.71. The maximum Gasteiger partial charge on any atom is 2.00 e. The minimum absolute atomic E-state index is 0. The number of hydrogen-bond donors (Lipinski definition) is 0. The summed E-state index contributed by atoms with van der Waals surface area (Å²) >= 11 is 0. The molecule has 0 heterocycles. The molecule has 0 unspecified atom stereocenters. The molecule has 0 amide bonds. The van der Waals surface area contributed by atoms with Gasteiger partial charge in [-0.15, -0.1) is 69.1 Å². The number of halogens is 2. The van der Waals surface area contributed by atoms with Gasteiger partial charge in [0.15, 0.2) is 0 Å². The van der Waals surface area contributed by atoms with E-state index < -0.39 is 0 Å². The summed E-state index contributed by atoms with van der Waals surface area (Å²) in [5.74, 6) is 0. The maximum absolute atomic E-state index is 3.38. The second-order valence-corrected chi connectivity index (χ2v) is 13.7. The number of hydrogen-bond acceptors (Lipinski definition) is 0. The molecule has 0 aliphatic carbocycles. The monoisotopic (exact) mass is 682 g/mol. The molecule has 0 fully saturated rings. The fraction of sp³-hybridized carbons (Fsp3) is 0.256. The molecule has 242 valence electrons. The third-order valence-corrected chi connectivity index (χ3v) is 7.96. The van der Waals surface area contributed by atoms with Gasteiger partial charge in [0.25, 0.3) is 0 Å². The predicted molar refractivity (Wildman–Crippen MR) is 192 cm³/mol. The summed E-state index contributed by atoms with van der Waals surface area (Å²) < 4.78 is 0. The van der Waals surface area contributed by atoms with Crippen LogP contribution in [-0.2, 0) is 32.5 Å². The normalized spacial score (nSPS) is 10.8. The van der Waals surface area contributed by atoms with Crippen molar-refractivity contribution in [2.75, 3.05) is 0 Å². The molecule has 0 saturated heterocycles. The third kappa shape index (κ3) is 10.2. The largest absolute Gasteiger partial charge is 2.00 e. The zero-order valence-corrected chi connectivity index (χ0v) is 31.8. The van der Waals surface area contributed by atoms with Crippen LogP contribution < -0.4 is 24.8 Å². The Balaban J connectivity index is 0.000000400. The van der Waals surface area contributed by atoms with E-state index in [-0.39, 0.29) is 57.4 Å². The molecule has 0 spiro atoms. The number of benzene rings is 4. The Morgan fingerprint density at radius 1 is 0.522 bits per heavy atom. The molecule has 3 heteroatoms. The number of fused-ring (bicyclic) bond motifs is 2. The Morgan fingerprint density at radius 3 is 1.11 bits per heavy atom. The average molecular weight is 684 g/mol. The van der Waals surface area contributed by atoms with Gasteiger partial charge >= 0.3 is 21.7 Å². The van der Waals surface area contributed by atoms with Gasteiger partial charge in [-0.1, -0.05) is 124 Å². The summed E-state index contributed by atoms with van der Waals surface area (Å²) in [7, 11) is 0. The number of rotatable bonds is 2. The van der Waals surface area contributed by atoms with Gasteiger partial charge in [-0.05, 0) is 35.8 Å². The molecular weight excluding hydrogens is 635 g/mol. The number of aryl methyl sites for hydroxylation is 2. The van der Waals surface area contributed by atoms with Gasteiger partial charge in [0.2, 0.25) is 0 Å². The third-order valence-electron chi connectivity index (χ3n) is 7.96. The summed E-state index contributed by atoms with van der Waals surface area (Å²) in [4.78, 5) is 0. The van der Waals surface area contributed by atoms with Gasteiger partial charge < -0.3 is 45.1 Å². The molecule has 0 aliphatic heterocycles. The Bertz CT molecular complexity index is 1640. The molecule has 46 heavy (non-hydrogen) atoms. The first kappa shape index (κ1) is 41.4. The van der Waals surface area contributed by atoms with Crippen LogP contribution in [0.4, 0.5) is 0 Å². The maximum atomic E-state index is 3.38. The molecule has 0 atom stereocenters. The van der Waals surface area contributed by atoms with Gasteiger partial charge in [0.05, 0.1) is 0 Å². The summed E-state index contributed by atoms with van der Waals surface area (Å²) in [5.41, 5.74) is 11.1. The van der Waals surface area contributed by atoms with Crippen molar-refractivity contribution in [3.05, 3.63) is 145 Å². The van der Waals surface area contributed by atoms with E-state index in [9.17, 15) is 0 Å². The van der Waals surface area contributed by atoms with E-state index in [1.54, 1.807) is 0 Å². The van der Waals surface area contributed by atoms with E-state index in [0.717, 1.165) is 6.42 Å². The van der Waals surface area contributed by atoms with Crippen molar-refractivity contribution in [1.29, 1.82) is 0 Å². The second-order valence-electron chi connectivity index (χ2n) is 13.7.